The summed E-state index contributed by atoms with van der Waals surface area (Å²) in [5, 5.41) is 20.2. The first-order valence-electron chi connectivity index (χ1n) is 15.5. The number of hydrogen-bond acceptors (Lipinski definition) is 8. The molecule has 0 radical (unpaired) electrons. The fraction of sp³-hybridized carbons (Fsp3) is 0.400. The molecular formula is C35H52FN5O6. The Kier molecular flexibility index (Phi) is 20.3. The lowest BCUT2D eigenvalue weighted by molar-refractivity contribution is -0.122. The molecule has 1 atom stereocenters. The largest absolute Gasteiger partial charge is 0.508 e. The second kappa shape index (κ2) is 22.6. The summed E-state index contributed by atoms with van der Waals surface area (Å²) in [7, 11) is 1.58. The smallest absolute Gasteiger partial charge is 0.269 e. The molecule has 0 spiro atoms. The van der Waals surface area contributed by atoms with E-state index in [1.807, 2.05) is 34.6 Å². The van der Waals surface area contributed by atoms with Crippen molar-refractivity contribution in [3.05, 3.63) is 83.4 Å². The molecule has 0 heterocycles. The fourth-order valence-electron chi connectivity index (χ4n) is 3.42. The number of phenols is 1. The van der Waals surface area contributed by atoms with Crippen molar-refractivity contribution in [1.82, 2.24) is 10.9 Å². The summed E-state index contributed by atoms with van der Waals surface area (Å²) in [5.41, 5.74) is 11.3. The number of hydrogen-bond donors (Lipinski definition) is 6. The van der Waals surface area contributed by atoms with Crippen LogP contribution >= 0.6 is 0 Å². The normalized spacial score (nSPS) is 10.6. The van der Waals surface area contributed by atoms with E-state index in [1.165, 1.54) is 45.0 Å². The number of nitrogen functional groups attached to an aromatic ring is 1. The number of ether oxygens (including phenoxy) is 3. The van der Waals surface area contributed by atoms with Crippen LogP contribution < -0.4 is 31.4 Å². The highest BCUT2D eigenvalue weighted by atomic mass is 19.1. The molecule has 3 aromatic carbocycles. The van der Waals surface area contributed by atoms with E-state index >= 15 is 0 Å². The number of hydrazine groups is 1. The summed E-state index contributed by atoms with van der Waals surface area (Å²) in [5.74, 6) is -0.222. The molecule has 0 bridgehead atoms. The third kappa shape index (κ3) is 16.9. The average Bonchev–Trinajstić information content (AvgIpc) is 3.05. The number of anilines is 1. The minimum atomic E-state index is -1.00. The van der Waals surface area contributed by atoms with E-state index in [9.17, 15) is 19.1 Å². The van der Waals surface area contributed by atoms with Gasteiger partial charge in [0.25, 0.3) is 11.8 Å². The topological polar surface area (TPSA) is 168 Å². The van der Waals surface area contributed by atoms with Gasteiger partial charge in [0, 0.05) is 23.9 Å². The van der Waals surface area contributed by atoms with E-state index in [-0.39, 0.29) is 17.1 Å². The molecule has 1 unspecified atom stereocenters. The lowest BCUT2D eigenvalue weighted by Gasteiger charge is -2.22. The monoisotopic (exact) mass is 657 g/mol. The van der Waals surface area contributed by atoms with Crippen LogP contribution in [0.15, 0.2) is 66.7 Å². The number of halogens is 1. The highest BCUT2D eigenvalue weighted by molar-refractivity contribution is 5.97. The van der Waals surface area contributed by atoms with Crippen molar-refractivity contribution in [2.24, 2.45) is 5.73 Å². The minimum Gasteiger partial charge on any atom is -0.508 e. The molecule has 0 aliphatic rings. The number of aromatic hydroxyl groups is 1. The van der Waals surface area contributed by atoms with Gasteiger partial charge in [0.15, 0.2) is 11.5 Å². The molecule has 2 amide bonds. The number of nitrogens with one attached hydrogen (secondary N) is 4. The zero-order valence-electron chi connectivity index (χ0n) is 29.0. The Bertz CT molecular complexity index is 1340. The van der Waals surface area contributed by atoms with E-state index in [1.54, 1.807) is 49.6 Å². The highest BCUT2D eigenvalue weighted by Gasteiger charge is 2.23. The number of nitrogens with two attached hydrogens (primary N) is 1. The molecule has 3 rings (SSSR count). The van der Waals surface area contributed by atoms with E-state index in [0.717, 1.165) is 0 Å². The lowest BCUT2D eigenvalue weighted by Crippen LogP contribution is -2.45. The molecular weight excluding hydrogens is 605 g/mol. The Morgan fingerprint density at radius 1 is 0.872 bits per heavy atom. The first kappa shape index (κ1) is 42.2. The number of alkyl halides is 1. The third-order valence-electron chi connectivity index (χ3n) is 5.34. The Hall–Kier alpha value is -4.84. The number of benzene rings is 3. The van der Waals surface area contributed by atoms with Gasteiger partial charge in [-0.1, -0.05) is 33.8 Å². The molecule has 0 fully saturated rings. The lowest BCUT2D eigenvalue weighted by atomic mass is 10.0. The summed E-state index contributed by atoms with van der Waals surface area (Å²) < 4.78 is 28.2. The Morgan fingerprint density at radius 2 is 1.43 bits per heavy atom. The van der Waals surface area contributed by atoms with Crippen molar-refractivity contribution in [2.45, 2.75) is 67.1 Å². The maximum atomic E-state index is 13.3. The predicted octanol–water partition coefficient (Wildman–Crippen LogP) is 6.52. The molecule has 0 saturated carbocycles. The first-order valence-corrected chi connectivity index (χ1v) is 15.5. The van der Waals surface area contributed by atoms with Crippen molar-refractivity contribution in [3.8, 4) is 17.2 Å². The third-order valence-corrected chi connectivity index (χ3v) is 5.34. The van der Waals surface area contributed by atoms with Gasteiger partial charge in [-0.25, -0.2) is 4.39 Å². The molecule has 0 saturated heterocycles. The Morgan fingerprint density at radius 3 is 1.94 bits per heavy atom. The van der Waals surface area contributed by atoms with Gasteiger partial charge in [-0.05, 0) is 93.9 Å². The van der Waals surface area contributed by atoms with Crippen LogP contribution in [0.25, 0.3) is 0 Å². The summed E-state index contributed by atoms with van der Waals surface area (Å²) in [6.45, 7) is 15.5. The number of carbonyl (C=O) groups excluding carboxylic acids is 2. The molecule has 260 valence electrons. The molecule has 0 aliphatic carbocycles. The zero-order valence-corrected chi connectivity index (χ0v) is 29.0. The van der Waals surface area contributed by atoms with E-state index < -0.39 is 23.5 Å². The highest BCUT2D eigenvalue weighted by Crippen LogP contribution is 2.32. The Labute approximate surface area is 278 Å². The fourth-order valence-corrected chi connectivity index (χ4v) is 3.42. The second-order valence-electron chi connectivity index (χ2n) is 10.1. The van der Waals surface area contributed by atoms with Crippen LogP contribution in [0.5, 0.6) is 17.2 Å². The molecule has 3 aromatic rings. The molecule has 7 N–H and O–H groups in total. The van der Waals surface area contributed by atoms with Gasteiger partial charge in [-0.15, -0.1) is 0 Å². The number of rotatable bonds is 12. The zero-order chi connectivity index (χ0) is 36.0. The van der Waals surface area contributed by atoms with Gasteiger partial charge >= 0.3 is 0 Å². The van der Waals surface area contributed by atoms with Crippen LogP contribution in [0.2, 0.25) is 0 Å². The number of amides is 2. The van der Waals surface area contributed by atoms with Crippen molar-refractivity contribution >= 4 is 23.3 Å². The standard InChI is InChI=1S/C27H31N5O6.C4H9F.2C2H6/c1-3-37-23-16-19(8-13-22(23)38-15-14-36-2)24(30-20-9-4-17(5-10-20)25(28)29)27(35)32-31-26(34)18-6-11-21(33)12-7-18;1-4(2,3)5;2*1-2/h4-13,16,24,30,33H,3,14-15H2,1-2H3,(H3,28,29)(H,31,34)(H,32,35);1-3H3;2*1-2H3. The molecule has 47 heavy (non-hydrogen) atoms. The maximum absolute atomic E-state index is 13.3. The van der Waals surface area contributed by atoms with Gasteiger partial charge < -0.3 is 30.4 Å². The summed E-state index contributed by atoms with van der Waals surface area (Å²) >= 11 is 0. The summed E-state index contributed by atoms with van der Waals surface area (Å²) in [6.07, 6.45) is 0. The van der Waals surface area contributed by atoms with Crippen LogP contribution in [0.1, 0.15) is 82.9 Å². The van der Waals surface area contributed by atoms with Crippen LogP contribution in [-0.4, -0.2) is 55.4 Å². The van der Waals surface area contributed by atoms with Gasteiger partial charge in [-0.2, -0.15) is 0 Å². The van der Waals surface area contributed by atoms with Crippen molar-refractivity contribution in [3.63, 3.8) is 0 Å². The SMILES string of the molecule is CC.CC.CC(C)(C)F.CCOc1cc(C(Nc2ccc(C(=N)N)cc2)C(=O)NNC(=O)c2ccc(O)cc2)ccc1OCCOC. The van der Waals surface area contributed by atoms with Gasteiger partial charge in [-0.3, -0.25) is 25.8 Å². The number of carbonyl (C=O) groups is 2. The minimum absolute atomic E-state index is 0.0189. The van der Waals surface area contributed by atoms with Crippen LogP contribution in [0.3, 0.4) is 0 Å². The molecule has 0 aliphatic heterocycles. The van der Waals surface area contributed by atoms with Crippen LogP contribution in [0, 0.1) is 5.41 Å². The Balaban J connectivity index is 0.00000211. The van der Waals surface area contributed by atoms with E-state index in [4.69, 9.17) is 25.4 Å². The maximum Gasteiger partial charge on any atom is 0.269 e. The van der Waals surface area contributed by atoms with Crippen molar-refractivity contribution < 1.29 is 33.3 Å². The van der Waals surface area contributed by atoms with Gasteiger partial charge in [0.05, 0.1) is 13.2 Å². The summed E-state index contributed by atoms with van der Waals surface area (Å²) in [6, 6.07) is 16.5. The van der Waals surface area contributed by atoms with Crippen molar-refractivity contribution in [2.75, 3.05) is 32.2 Å². The van der Waals surface area contributed by atoms with Crippen LogP contribution in [-0.2, 0) is 9.53 Å². The number of methoxy groups -OCH3 is 1. The molecule has 0 aromatic heterocycles. The van der Waals surface area contributed by atoms with E-state index in [2.05, 4.69) is 16.2 Å². The number of amidine groups is 1. The van der Waals surface area contributed by atoms with Gasteiger partial charge in [0.1, 0.15) is 29.9 Å². The summed E-state index contributed by atoms with van der Waals surface area (Å²) in [4.78, 5) is 25.8. The first-order chi connectivity index (χ1) is 22.3. The molecule has 12 heteroatoms. The quantitative estimate of drug-likeness (QED) is 0.0554. The second-order valence-corrected chi connectivity index (χ2v) is 10.1. The van der Waals surface area contributed by atoms with Crippen molar-refractivity contribution in [1.29, 1.82) is 5.41 Å². The number of phenolic OH excluding ortho intramolecular Hbond substituents is 1. The van der Waals surface area contributed by atoms with Gasteiger partial charge in [0.2, 0.25) is 0 Å². The van der Waals surface area contributed by atoms with E-state index in [0.29, 0.717) is 48.1 Å². The average molecular weight is 658 g/mol. The predicted molar refractivity (Wildman–Crippen MR) is 186 cm³/mol. The van der Waals surface area contributed by atoms with Crippen LogP contribution in [0.4, 0.5) is 10.1 Å². The molecule has 11 nitrogen and oxygen atoms in total.